The molecule has 29 heavy (non-hydrogen) atoms. The third kappa shape index (κ3) is 6.55. The lowest BCUT2D eigenvalue weighted by atomic mass is 10.1. The van der Waals surface area contributed by atoms with Crippen LogP contribution in [0.3, 0.4) is 0 Å². The normalized spacial score (nSPS) is 20.0. The van der Waals surface area contributed by atoms with Crippen LogP contribution in [0, 0.1) is 13.8 Å². The van der Waals surface area contributed by atoms with Gasteiger partial charge in [-0.05, 0) is 32.8 Å². The van der Waals surface area contributed by atoms with E-state index < -0.39 is 0 Å². The van der Waals surface area contributed by atoms with Crippen molar-refractivity contribution in [3.05, 3.63) is 23.2 Å². The fraction of sp³-hybridized carbons (Fsp3) is 0.714. The van der Waals surface area contributed by atoms with Crippen LogP contribution in [0.2, 0.25) is 0 Å². The Morgan fingerprint density at radius 1 is 1.24 bits per heavy atom. The Morgan fingerprint density at radius 2 is 2.03 bits per heavy atom. The molecular weight excluding hydrogens is 374 g/mol. The molecule has 2 fully saturated rings. The Hall–Kier alpha value is -1.90. The first-order valence-electron chi connectivity index (χ1n) is 10.6. The van der Waals surface area contributed by atoms with Crippen LogP contribution < -0.4 is 5.32 Å². The van der Waals surface area contributed by atoms with Crippen molar-refractivity contribution in [2.45, 2.75) is 39.2 Å². The average Bonchev–Trinajstić information content (AvgIpc) is 3.34. The highest BCUT2D eigenvalue weighted by Gasteiger charge is 2.26. The largest absolute Gasteiger partial charge is 0.466 e. The van der Waals surface area contributed by atoms with E-state index >= 15 is 0 Å². The van der Waals surface area contributed by atoms with Crippen molar-refractivity contribution in [1.82, 2.24) is 15.1 Å². The molecule has 3 rings (SSSR count). The Kier molecular flexibility index (Phi) is 8.09. The highest BCUT2D eigenvalue weighted by molar-refractivity contribution is 5.95. The molecular formula is C21H33N3O5. The predicted molar refractivity (Wildman–Crippen MR) is 108 cm³/mol. The first kappa shape index (κ1) is 21.8. The SMILES string of the molecule is Cc1cc(C(=O)N(CCC(=O)NCCN2CCOCC2)CC2CCCO2)c(C)o1. The zero-order chi connectivity index (χ0) is 20.6. The maximum Gasteiger partial charge on any atom is 0.257 e. The molecule has 1 aromatic rings. The molecule has 0 aromatic carbocycles. The topological polar surface area (TPSA) is 84.3 Å². The lowest BCUT2D eigenvalue weighted by Crippen LogP contribution is -2.42. The lowest BCUT2D eigenvalue weighted by Gasteiger charge is -2.27. The summed E-state index contributed by atoms with van der Waals surface area (Å²) < 4.78 is 16.6. The average molecular weight is 408 g/mol. The van der Waals surface area contributed by atoms with Gasteiger partial charge in [-0.25, -0.2) is 0 Å². The van der Waals surface area contributed by atoms with Crippen molar-refractivity contribution in [3.63, 3.8) is 0 Å². The summed E-state index contributed by atoms with van der Waals surface area (Å²) in [5.74, 6) is 1.18. The van der Waals surface area contributed by atoms with Crippen LogP contribution in [0.5, 0.6) is 0 Å². The van der Waals surface area contributed by atoms with Crippen LogP contribution in [0.1, 0.15) is 41.1 Å². The molecule has 2 saturated heterocycles. The second-order valence-corrected chi connectivity index (χ2v) is 7.77. The minimum Gasteiger partial charge on any atom is -0.466 e. The number of furan rings is 1. The second-order valence-electron chi connectivity index (χ2n) is 7.77. The van der Waals surface area contributed by atoms with E-state index in [1.807, 2.05) is 6.92 Å². The van der Waals surface area contributed by atoms with Crippen LogP contribution in [0.25, 0.3) is 0 Å². The fourth-order valence-electron chi connectivity index (χ4n) is 3.83. The number of nitrogens with zero attached hydrogens (tertiary/aromatic N) is 2. The molecule has 0 spiro atoms. The van der Waals surface area contributed by atoms with E-state index in [4.69, 9.17) is 13.9 Å². The van der Waals surface area contributed by atoms with Gasteiger partial charge in [0.05, 0.1) is 24.9 Å². The highest BCUT2D eigenvalue weighted by Crippen LogP contribution is 2.19. The van der Waals surface area contributed by atoms with Crippen molar-refractivity contribution >= 4 is 11.8 Å². The van der Waals surface area contributed by atoms with Gasteiger partial charge in [-0.15, -0.1) is 0 Å². The molecule has 0 saturated carbocycles. The maximum absolute atomic E-state index is 13.1. The van der Waals surface area contributed by atoms with E-state index in [1.165, 1.54) is 0 Å². The third-order valence-electron chi connectivity index (χ3n) is 5.47. The number of amides is 2. The van der Waals surface area contributed by atoms with Crippen molar-refractivity contribution in [2.75, 3.05) is 59.1 Å². The number of nitrogens with one attached hydrogen (secondary N) is 1. The van der Waals surface area contributed by atoms with Gasteiger partial charge in [-0.1, -0.05) is 0 Å². The molecule has 162 valence electrons. The van der Waals surface area contributed by atoms with Crippen LogP contribution in [0.4, 0.5) is 0 Å². The molecule has 8 heteroatoms. The second kappa shape index (κ2) is 10.8. The molecule has 2 amide bonds. The number of hydrogen-bond donors (Lipinski definition) is 1. The van der Waals surface area contributed by atoms with Gasteiger partial charge in [0.1, 0.15) is 11.5 Å². The number of ether oxygens (including phenoxy) is 2. The molecule has 0 radical (unpaired) electrons. The minimum atomic E-state index is -0.101. The van der Waals surface area contributed by atoms with Gasteiger partial charge < -0.3 is 24.1 Å². The number of carbonyl (C=O) groups is 2. The summed E-state index contributed by atoms with van der Waals surface area (Å²) in [6.07, 6.45) is 2.27. The van der Waals surface area contributed by atoms with Crippen molar-refractivity contribution in [2.24, 2.45) is 0 Å². The van der Waals surface area contributed by atoms with E-state index in [9.17, 15) is 9.59 Å². The summed E-state index contributed by atoms with van der Waals surface area (Å²) in [6.45, 7) is 9.97. The third-order valence-corrected chi connectivity index (χ3v) is 5.47. The first-order chi connectivity index (χ1) is 14.0. The maximum atomic E-state index is 13.1. The molecule has 1 N–H and O–H groups in total. The summed E-state index contributed by atoms with van der Waals surface area (Å²) >= 11 is 0. The predicted octanol–water partition coefficient (Wildman–Crippen LogP) is 1.36. The van der Waals surface area contributed by atoms with Gasteiger partial charge >= 0.3 is 0 Å². The zero-order valence-corrected chi connectivity index (χ0v) is 17.6. The molecule has 1 aromatic heterocycles. The van der Waals surface area contributed by atoms with Crippen LogP contribution in [-0.4, -0.2) is 86.8 Å². The molecule has 0 aliphatic carbocycles. The van der Waals surface area contributed by atoms with Crippen LogP contribution >= 0.6 is 0 Å². The van der Waals surface area contributed by atoms with E-state index in [0.717, 1.165) is 52.3 Å². The Morgan fingerprint density at radius 3 is 2.69 bits per heavy atom. The Bertz CT molecular complexity index is 678. The van der Waals surface area contributed by atoms with Gasteiger partial charge in [0, 0.05) is 52.3 Å². The van der Waals surface area contributed by atoms with E-state index in [2.05, 4.69) is 10.2 Å². The van der Waals surface area contributed by atoms with Gasteiger partial charge in [-0.3, -0.25) is 14.5 Å². The summed E-state index contributed by atoms with van der Waals surface area (Å²) in [4.78, 5) is 29.4. The van der Waals surface area contributed by atoms with Crippen molar-refractivity contribution in [3.8, 4) is 0 Å². The number of rotatable bonds is 9. The Balaban J connectivity index is 1.49. The van der Waals surface area contributed by atoms with E-state index in [-0.39, 0.29) is 24.3 Å². The van der Waals surface area contributed by atoms with Crippen molar-refractivity contribution in [1.29, 1.82) is 0 Å². The fourth-order valence-corrected chi connectivity index (χ4v) is 3.83. The van der Waals surface area contributed by atoms with Crippen LogP contribution in [0.15, 0.2) is 10.5 Å². The monoisotopic (exact) mass is 407 g/mol. The summed E-state index contributed by atoms with van der Waals surface area (Å²) in [6, 6.07) is 1.77. The van der Waals surface area contributed by atoms with E-state index in [0.29, 0.717) is 36.7 Å². The molecule has 8 nitrogen and oxygen atoms in total. The highest BCUT2D eigenvalue weighted by atomic mass is 16.5. The number of carbonyl (C=O) groups excluding carboxylic acids is 2. The molecule has 2 aliphatic rings. The first-order valence-corrected chi connectivity index (χ1v) is 10.6. The van der Waals surface area contributed by atoms with E-state index in [1.54, 1.807) is 17.9 Å². The van der Waals surface area contributed by atoms with Crippen LogP contribution in [-0.2, 0) is 14.3 Å². The van der Waals surface area contributed by atoms with Gasteiger partial charge in [0.25, 0.3) is 5.91 Å². The summed E-state index contributed by atoms with van der Waals surface area (Å²) in [7, 11) is 0. The number of aryl methyl sites for hydroxylation is 2. The molecule has 2 aliphatic heterocycles. The van der Waals surface area contributed by atoms with Gasteiger partial charge in [0.2, 0.25) is 5.91 Å². The summed E-state index contributed by atoms with van der Waals surface area (Å²) in [5.41, 5.74) is 0.563. The lowest BCUT2D eigenvalue weighted by molar-refractivity contribution is -0.121. The zero-order valence-electron chi connectivity index (χ0n) is 17.6. The number of morpholine rings is 1. The summed E-state index contributed by atoms with van der Waals surface area (Å²) in [5, 5.41) is 2.96. The van der Waals surface area contributed by atoms with Gasteiger partial charge in [0.15, 0.2) is 0 Å². The van der Waals surface area contributed by atoms with Gasteiger partial charge in [-0.2, -0.15) is 0 Å². The molecule has 1 unspecified atom stereocenters. The standard InChI is InChI=1S/C21H33N3O5/c1-16-14-19(17(2)29-16)21(26)24(15-18-4-3-11-28-18)7-5-20(25)22-6-8-23-9-12-27-13-10-23/h14,18H,3-13,15H2,1-2H3,(H,22,25). The molecule has 3 heterocycles. The molecule has 1 atom stereocenters. The van der Waals surface area contributed by atoms with Crippen molar-refractivity contribution < 1.29 is 23.5 Å². The number of hydrogen-bond acceptors (Lipinski definition) is 6. The quantitative estimate of drug-likeness (QED) is 0.665. The minimum absolute atomic E-state index is 0.0384. The smallest absolute Gasteiger partial charge is 0.257 e. The Labute approximate surface area is 172 Å². The molecule has 0 bridgehead atoms.